The molecular weight excluding hydrogens is 368 g/mol. The molecule has 0 unspecified atom stereocenters. The third kappa shape index (κ3) is 2.58. The van der Waals surface area contributed by atoms with Crippen molar-refractivity contribution in [3.63, 3.8) is 0 Å². The van der Waals surface area contributed by atoms with Gasteiger partial charge >= 0.3 is 5.97 Å². The average molecular weight is 401 g/mol. The summed E-state index contributed by atoms with van der Waals surface area (Å²) in [5, 5.41) is 0. The Hall–Kier alpha value is -2.04. The van der Waals surface area contributed by atoms with Gasteiger partial charge in [-0.25, -0.2) is 4.79 Å². The summed E-state index contributed by atoms with van der Waals surface area (Å²) in [6.45, 7) is 8.81. The van der Waals surface area contributed by atoms with Crippen molar-refractivity contribution in [3.8, 4) is 11.5 Å². The lowest BCUT2D eigenvalue weighted by Gasteiger charge is -2.65. The highest BCUT2D eigenvalue weighted by Gasteiger charge is 2.67. The van der Waals surface area contributed by atoms with E-state index in [0.29, 0.717) is 35.2 Å². The molecule has 1 aromatic carbocycles. The van der Waals surface area contributed by atoms with Crippen LogP contribution in [0.2, 0.25) is 0 Å². The SMILES string of the molecule is COC(=O)c1cc(OC)c2c(c1)O[C@@]13CCC(=O)C(C)(C)[C@@H]1CC[C@H](C)[C@@]3(C)C2. The Morgan fingerprint density at radius 2 is 1.90 bits per heavy atom. The van der Waals surface area contributed by atoms with Crippen molar-refractivity contribution in [2.75, 3.05) is 14.2 Å². The summed E-state index contributed by atoms with van der Waals surface area (Å²) in [5.74, 6) is 1.90. The van der Waals surface area contributed by atoms with Crippen LogP contribution in [0, 0.1) is 22.7 Å². The van der Waals surface area contributed by atoms with Gasteiger partial charge in [-0.2, -0.15) is 0 Å². The van der Waals surface area contributed by atoms with E-state index in [4.69, 9.17) is 14.2 Å². The maximum atomic E-state index is 12.8. The molecule has 1 aromatic rings. The highest BCUT2D eigenvalue weighted by atomic mass is 16.5. The predicted octanol–water partition coefficient (Wildman–Crippen LogP) is 4.60. The number of Topliss-reactive ketones (excluding diaryl/α,β-unsaturated/α-hetero) is 1. The first-order valence-electron chi connectivity index (χ1n) is 10.6. The van der Waals surface area contributed by atoms with Crippen LogP contribution in [0.1, 0.15) is 69.3 Å². The average Bonchev–Trinajstić information content (AvgIpc) is 2.69. The lowest BCUT2D eigenvalue weighted by molar-refractivity contribution is -0.208. The van der Waals surface area contributed by atoms with Crippen molar-refractivity contribution < 1.29 is 23.8 Å². The first kappa shape index (κ1) is 20.2. The van der Waals surface area contributed by atoms with E-state index in [1.165, 1.54) is 7.11 Å². The molecule has 0 aromatic heterocycles. The normalized spacial score (nSPS) is 34.9. The summed E-state index contributed by atoms with van der Waals surface area (Å²) in [7, 11) is 3.00. The first-order valence-corrected chi connectivity index (χ1v) is 10.6. The summed E-state index contributed by atoms with van der Waals surface area (Å²) in [6.07, 6.45) is 4.15. The molecule has 158 valence electrons. The summed E-state index contributed by atoms with van der Waals surface area (Å²) >= 11 is 0. The number of benzene rings is 1. The van der Waals surface area contributed by atoms with E-state index < -0.39 is 17.0 Å². The van der Waals surface area contributed by atoms with E-state index >= 15 is 0 Å². The third-order valence-corrected chi connectivity index (χ3v) is 8.46. The number of esters is 1. The van der Waals surface area contributed by atoms with E-state index in [2.05, 4.69) is 27.7 Å². The van der Waals surface area contributed by atoms with Gasteiger partial charge in [0.2, 0.25) is 0 Å². The van der Waals surface area contributed by atoms with Crippen LogP contribution in [-0.2, 0) is 16.0 Å². The number of ether oxygens (including phenoxy) is 3. The van der Waals surface area contributed by atoms with Gasteiger partial charge in [-0.1, -0.05) is 27.7 Å². The lowest BCUT2D eigenvalue weighted by Crippen LogP contribution is -2.69. The van der Waals surface area contributed by atoms with Crippen molar-refractivity contribution in [2.24, 2.45) is 22.7 Å². The molecule has 4 rings (SSSR count). The minimum Gasteiger partial charge on any atom is -0.496 e. The molecule has 2 aliphatic carbocycles. The van der Waals surface area contributed by atoms with E-state index in [0.717, 1.165) is 31.2 Å². The highest BCUT2D eigenvalue weighted by molar-refractivity contribution is 5.91. The molecule has 4 atom stereocenters. The standard InChI is InChI=1S/C24H32O5/c1-14-7-8-19-22(2,3)20(25)9-10-24(19)23(14,4)13-16-17(27-5)11-15(21(26)28-6)12-18(16)29-24/h11-12,14,19H,7-10,13H2,1-6H3/t14-,19-,23+,24-/m0/s1. The fourth-order valence-electron chi connectivity index (χ4n) is 6.43. The first-order chi connectivity index (χ1) is 13.6. The van der Waals surface area contributed by atoms with Crippen LogP contribution in [0.3, 0.4) is 0 Å². The van der Waals surface area contributed by atoms with Crippen molar-refractivity contribution in [1.82, 2.24) is 0 Å². The second kappa shape index (κ2) is 6.48. The molecule has 0 N–H and O–H groups in total. The number of carbonyl (C=O) groups is 2. The quantitative estimate of drug-likeness (QED) is 0.679. The minimum absolute atomic E-state index is 0.110. The zero-order chi connectivity index (χ0) is 21.2. The molecule has 5 nitrogen and oxygen atoms in total. The van der Waals surface area contributed by atoms with Crippen LogP contribution in [0.4, 0.5) is 0 Å². The summed E-state index contributed by atoms with van der Waals surface area (Å²) in [5.41, 5.74) is 0.488. The van der Waals surface area contributed by atoms with Gasteiger partial charge in [0.25, 0.3) is 0 Å². The summed E-state index contributed by atoms with van der Waals surface area (Å²) in [4.78, 5) is 25.0. The van der Waals surface area contributed by atoms with Crippen LogP contribution in [0.25, 0.3) is 0 Å². The molecule has 3 aliphatic rings. The fraction of sp³-hybridized carbons (Fsp3) is 0.667. The smallest absolute Gasteiger partial charge is 0.338 e. The van der Waals surface area contributed by atoms with E-state index in [9.17, 15) is 9.59 Å². The lowest BCUT2D eigenvalue weighted by atomic mass is 9.44. The molecule has 5 heteroatoms. The van der Waals surface area contributed by atoms with Gasteiger partial charge < -0.3 is 14.2 Å². The molecule has 29 heavy (non-hydrogen) atoms. The second-order valence-electron chi connectivity index (χ2n) is 9.91. The van der Waals surface area contributed by atoms with Crippen molar-refractivity contribution in [2.45, 2.75) is 65.4 Å². The molecule has 0 saturated heterocycles. The summed E-state index contributed by atoms with van der Waals surface area (Å²) < 4.78 is 17.5. The number of rotatable bonds is 2. The van der Waals surface area contributed by atoms with Crippen molar-refractivity contribution in [3.05, 3.63) is 23.3 Å². The third-order valence-electron chi connectivity index (χ3n) is 8.46. The maximum absolute atomic E-state index is 12.8. The van der Waals surface area contributed by atoms with Crippen LogP contribution in [0.15, 0.2) is 12.1 Å². The van der Waals surface area contributed by atoms with Crippen LogP contribution >= 0.6 is 0 Å². The zero-order valence-electron chi connectivity index (χ0n) is 18.4. The molecule has 1 spiro atoms. The molecule has 1 heterocycles. The molecule has 0 radical (unpaired) electrons. The number of fused-ring (bicyclic) bond motifs is 1. The van der Waals surface area contributed by atoms with Crippen molar-refractivity contribution in [1.29, 1.82) is 0 Å². The summed E-state index contributed by atoms with van der Waals surface area (Å²) in [6, 6.07) is 3.53. The Morgan fingerprint density at radius 3 is 2.55 bits per heavy atom. The highest BCUT2D eigenvalue weighted by Crippen LogP contribution is 2.65. The Bertz CT molecular complexity index is 872. The Labute approximate surface area is 173 Å². The predicted molar refractivity (Wildman–Crippen MR) is 109 cm³/mol. The number of hydrogen-bond donors (Lipinski definition) is 0. The number of methoxy groups -OCH3 is 2. The van der Waals surface area contributed by atoms with Gasteiger partial charge in [0.05, 0.1) is 19.8 Å². The second-order valence-corrected chi connectivity index (χ2v) is 9.91. The van der Waals surface area contributed by atoms with Gasteiger partial charge in [0.1, 0.15) is 22.9 Å². The van der Waals surface area contributed by atoms with Crippen LogP contribution < -0.4 is 9.47 Å². The Morgan fingerprint density at radius 1 is 1.17 bits per heavy atom. The van der Waals surface area contributed by atoms with Gasteiger partial charge in [0.15, 0.2) is 0 Å². The molecular formula is C24H32O5. The van der Waals surface area contributed by atoms with E-state index in [1.807, 2.05) is 0 Å². The molecule has 2 fully saturated rings. The largest absolute Gasteiger partial charge is 0.496 e. The van der Waals surface area contributed by atoms with E-state index in [1.54, 1.807) is 19.2 Å². The molecule has 1 aliphatic heterocycles. The maximum Gasteiger partial charge on any atom is 0.338 e. The number of carbonyl (C=O) groups excluding carboxylic acids is 2. The molecule has 2 saturated carbocycles. The van der Waals surface area contributed by atoms with E-state index in [-0.39, 0.29) is 11.3 Å². The molecule has 0 bridgehead atoms. The van der Waals surface area contributed by atoms with Gasteiger partial charge in [-0.15, -0.1) is 0 Å². The van der Waals surface area contributed by atoms with Crippen LogP contribution in [0.5, 0.6) is 11.5 Å². The van der Waals surface area contributed by atoms with Crippen molar-refractivity contribution >= 4 is 11.8 Å². The Kier molecular flexibility index (Phi) is 4.52. The molecule has 0 amide bonds. The van der Waals surface area contributed by atoms with Gasteiger partial charge in [-0.3, -0.25) is 4.79 Å². The fourth-order valence-corrected chi connectivity index (χ4v) is 6.43. The van der Waals surface area contributed by atoms with Gasteiger partial charge in [-0.05, 0) is 43.7 Å². The van der Waals surface area contributed by atoms with Crippen LogP contribution in [-0.4, -0.2) is 31.6 Å². The zero-order valence-corrected chi connectivity index (χ0v) is 18.4. The number of ketones is 1. The topological polar surface area (TPSA) is 61.8 Å². The monoisotopic (exact) mass is 400 g/mol. The van der Waals surface area contributed by atoms with Gasteiger partial charge in [0, 0.05) is 28.7 Å². The Balaban J connectivity index is 1.91. The minimum atomic E-state index is -0.422. The number of hydrogen-bond acceptors (Lipinski definition) is 5.